The smallest absolute Gasteiger partial charge is 0.251 e. The molecule has 5 nitrogen and oxygen atoms in total. The zero-order valence-corrected chi connectivity index (χ0v) is 14.8. The van der Waals surface area contributed by atoms with Gasteiger partial charge in [0, 0.05) is 17.2 Å². The van der Waals surface area contributed by atoms with E-state index in [-0.39, 0.29) is 18.1 Å². The molecule has 5 heteroatoms. The number of aliphatic hydroxyl groups excluding tert-OH is 1. The first-order valence-electron chi connectivity index (χ1n) is 8.96. The Morgan fingerprint density at radius 3 is 2.28 bits per heavy atom. The molecule has 1 aliphatic carbocycles. The lowest BCUT2D eigenvalue weighted by Gasteiger charge is -2.26. The van der Waals surface area contributed by atoms with Crippen molar-refractivity contribution < 1.29 is 9.90 Å². The van der Waals surface area contributed by atoms with Crippen molar-refractivity contribution in [2.75, 3.05) is 0 Å². The van der Waals surface area contributed by atoms with Crippen LogP contribution in [0.25, 0.3) is 11.3 Å². The molecule has 25 heavy (non-hydrogen) atoms. The van der Waals surface area contributed by atoms with Crippen LogP contribution in [0.2, 0.25) is 0 Å². The standard InChI is InChI=1S/C20H25N3O2/c1-13(2)18-11-12-19(23-22-18)14-3-5-15(6-4-14)20(25)21-16-7-9-17(24)10-8-16/h3-6,11-13,16-17,24H,7-10H2,1-2H3,(H,21,25). The highest BCUT2D eigenvalue weighted by atomic mass is 16.3. The number of amides is 1. The highest BCUT2D eigenvalue weighted by molar-refractivity contribution is 5.94. The first-order valence-corrected chi connectivity index (χ1v) is 8.96. The molecular weight excluding hydrogens is 314 g/mol. The average Bonchev–Trinajstić information content (AvgIpc) is 2.64. The van der Waals surface area contributed by atoms with Gasteiger partial charge in [0.05, 0.1) is 17.5 Å². The Bertz CT molecular complexity index is 703. The molecule has 132 valence electrons. The molecule has 0 radical (unpaired) electrons. The topological polar surface area (TPSA) is 75.1 Å². The number of rotatable bonds is 4. The molecule has 1 aliphatic rings. The summed E-state index contributed by atoms with van der Waals surface area (Å²) in [4.78, 5) is 12.4. The van der Waals surface area contributed by atoms with Crippen LogP contribution in [-0.2, 0) is 0 Å². The summed E-state index contributed by atoms with van der Waals surface area (Å²) in [6.45, 7) is 4.17. The maximum atomic E-state index is 12.4. The van der Waals surface area contributed by atoms with Gasteiger partial charge in [-0.1, -0.05) is 26.0 Å². The first-order chi connectivity index (χ1) is 12.0. The van der Waals surface area contributed by atoms with Gasteiger partial charge in [-0.25, -0.2) is 0 Å². The summed E-state index contributed by atoms with van der Waals surface area (Å²) in [5, 5.41) is 21.1. The molecule has 0 atom stereocenters. The molecule has 2 N–H and O–H groups in total. The molecule has 0 aliphatic heterocycles. The molecule has 1 fully saturated rings. The van der Waals surface area contributed by atoms with Gasteiger partial charge in [-0.2, -0.15) is 10.2 Å². The molecule has 0 saturated heterocycles. The van der Waals surface area contributed by atoms with E-state index in [1.54, 1.807) is 0 Å². The molecule has 2 aromatic rings. The van der Waals surface area contributed by atoms with Crippen molar-refractivity contribution in [3.63, 3.8) is 0 Å². The fraction of sp³-hybridized carbons (Fsp3) is 0.450. The molecule has 0 spiro atoms. The molecule has 0 unspecified atom stereocenters. The van der Waals surface area contributed by atoms with E-state index in [0.29, 0.717) is 11.5 Å². The highest BCUT2D eigenvalue weighted by Crippen LogP contribution is 2.21. The Kier molecular flexibility index (Phi) is 5.43. The minimum Gasteiger partial charge on any atom is -0.393 e. The second-order valence-electron chi connectivity index (χ2n) is 7.05. The Balaban J connectivity index is 1.64. The van der Waals surface area contributed by atoms with Gasteiger partial charge in [0.25, 0.3) is 5.91 Å². The number of nitrogens with zero attached hydrogens (tertiary/aromatic N) is 2. The van der Waals surface area contributed by atoms with Crippen molar-refractivity contribution >= 4 is 5.91 Å². The van der Waals surface area contributed by atoms with E-state index in [0.717, 1.165) is 42.6 Å². The third-order valence-electron chi connectivity index (χ3n) is 4.75. The summed E-state index contributed by atoms with van der Waals surface area (Å²) in [5.41, 5.74) is 3.36. The van der Waals surface area contributed by atoms with Crippen LogP contribution in [0.3, 0.4) is 0 Å². The highest BCUT2D eigenvalue weighted by Gasteiger charge is 2.21. The summed E-state index contributed by atoms with van der Waals surface area (Å²) in [7, 11) is 0. The minimum absolute atomic E-state index is 0.0609. The maximum absolute atomic E-state index is 12.4. The van der Waals surface area contributed by atoms with Crippen molar-refractivity contribution in [1.29, 1.82) is 0 Å². The third kappa shape index (κ3) is 4.42. The number of benzene rings is 1. The van der Waals surface area contributed by atoms with Gasteiger partial charge in [-0.3, -0.25) is 4.79 Å². The molecule has 1 amide bonds. The largest absolute Gasteiger partial charge is 0.393 e. The molecule has 1 aromatic carbocycles. The van der Waals surface area contributed by atoms with E-state index in [4.69, 9.17) is 0 Å². The van der Waals surface area contributed by atoms with Gasteiger partial charge in [0.15, 0.2) is 0 Å². The van der Waals surface area contributed by atoms with E-state index in [1.807, 2.05) is 36.4 Å². The third-order valence-corrected chi connectivity index (χ3v) is 4.75. The lowest BCUT2D eigenvalue weighted by molar-refractivity contribution is 0.0867. The summed E-state index contributed by atoms with van der Waals surface area (Å²) in [6, 6.07) is 11.6. The van der Waals surface area contributed by atoms with Crippen LogP contribution in [0.1, 0.15) is 61.5 Å². The van der Waals surface area contributed by atoms with Crippen molar-refractivity contribution in [2.45, 2.75) is 57.6 Å². The predicted octanol–water partition coefficient (Wildman–Crippen LogP) is 3.30. The van der Waals surface area contributed by atoms with Gasteiger partial charge < -0.3 is 10.4 Å². The molecule has 1 aromatic heterocycles. The van der Waals surface area contributed by atoms with Crippen LogP contribution in [0.5, 0.6) is 0 Å². The Morgan fingerprint density at radius 1 is 1.04 bits per heavy atom. The molecular formula is C20H25N3O2. The predicted molar refractivity (Wildman–Crippen MR) is 97.3 cm³/mol. The van der Waals surface area contributed by atoms with E-state index >= 15 is 0 Å². The van der Waals surface area contributed by atoms with E-state index in [2.05, 4.69) is 29.4 Å². The van der Waals surface area contributed by atoms with Crippen molar-refractivity contribution in [3.8, 4) is 11.3 Å². The zero-order valence-electron chi connectivity index (χ0n) is 14.8. The summed E-state index contributed by atoms with van der Waals surface area (Å²) < 4.78 is 0. The monoisotopic (exact) mass is 339 g/mol. The van der Waals surface area contributed by atoms with Crippen LogP contribution in [0.4, 0.5) is 0 Å². The fourth-order valence-corrected chi connectivity index (χ4v) is 3.09. The number of aromatic nitrogens is 2. The average molecular weight is 339 g/mol. The van der Waals surface area contributed by atoms with Gasteiger partial charge in [-0.05, 0) is 55.9 Å². The zero-order chi connectivity index (χ0) is 17.8. The number of carbonyl (C=O) groups is 1. The SMILES string of the molecule is CC(C)c1ccc(-c2ccc(C(=O)NC3CCC(O)CC3)cc2)nn1. The number of hydrogen-bond donors (Lipinski definition) is 2. The molecule has 0 bridgehead atoms. The van der Waals surface area contributed by atoms with Gasteiger partial charge in [0.2, 0.25) is 0 Å². The normalized spacial score (nSPS) is 20.5. The lowest BCUT2D eigenvalue weighted by Crippen LogP contribution is -2.38. The lowest BCUT2D eigenvalue weighted by atomic mass is 9.93. The Morgan fingerprint density at radius 2 is 1.72 bits per heavy atom. The van der Waals surface area contributed by atoms with Crippen molar-refractivity contribution in [1.82, 2.24) is 15.5 Å². The van der Waals surface area contributed by atoms with Crippen LogP contribution >= 0.6 is 0 Å². The summed E-state index contributed by atoms with van der Waals surface area (Å²) in [6.07, 6.45) is 2.98. The number of aliphatic hydroxyl groups is 1. The second kappa shape index (κ2) is 7.74. The number of carbonyl (C=O) groups excluding carboxylic acids is 1. The van der Waals surface area contributed by atoms with Crippen LogP contribution in [0, 0.1) is 0 Å². The second-order valence-corrected chi connectivity index (χ2v) is 7.05. The fourth-order valence-electron chi connectivity index (χ4n) is 3.09. The van der Waals surface area contributed by atoms with Crippen molar-refractivity contribution in [2.24, 2.45) is 0 Å². The van der Waals surface area contributed by atoms with E-state index in [9.17, 15) is 9.90 Å². The first kappa shape index (κ1) is 17.5. The molecule has 1 saturated carbocycles. The molecule has 1 heterocycles. The van der Waals surface area contributed by atoms with E-state index in [1.165, 1.54) is 0 Å². The van der Waals surface area contributed by atoms with Crippen LogP contribution in [0.15, 0.2) is 36.4 Å². The van der Waals surface area contributed by atoms with E-state index < -0.39 is 0 Å². The Hall–Kier alpha value is -2.27. The maximum Gasteiger partial charge on any atom is 0.251 e. The quantitative estimate of drug-likeness (QED) is 0.896. The van der Waals surface area contributed by atoms with Crippen LogP contribution < -0.4 is 5.32 Å². The van der Waals surface area contributed by atoms with Crippen molar-refractivity contribution in [3.05, 3.63) is 47.7 Å². The minimum atomic E-state index is -0.212. The Labute approximate surface area is 148 Å². The van der Waals surface area contributed by atoms with Gasteiger partial charge in [-0.15, -0.1) is 0 Å². The van der Waals surface area contributed by atoms with Gasteiger partial charge >= 0.3 is 0 Å². The molecule has 3 rings (SSSR count). The summed E-state index contributed by atoms with van der Waals surface area (Å²) in [5.74, 6) is 0.294. The van der Waals surface area contributed by atoms with Gasteiger partial charge in [0.1, 0.15) is 0 Å². The number of nitrogens with one attached hydrogen (secondary N) is 1. The van der Waals surface area contributed by atoms with Crippen LogP contribution in [-0.4, -0.2) is 33.4 Å². The number of hydrogen-bond acceptors (Lipinski definition) is 4. The summed E-state index contributed by atoms with van der Waals surface area (Å²) >= 11 is 0.